The molecule has 0 aliphatic carbocycles. The van der Waals surface area contributed by atoms with Gasteiger partial charge in [0.1, 0.15) is 5.82 Å². The van der Waals surface area contributed by atoms with Crippen LogP contribution in [0, 0.1) is 5.82 Å². The van der Waals surface area contributed by atoms with Crippen LogP contribution >= 0.6 is 11.8 Å². The number of hydrogen-bond donors (Lipinski definition) is 1. The van der Waals surface area contributed by atoms with Crippen molar-refractivity contribution >= 4 is 21.6 Å². The summed E-state index contributed by atoms with van der Waals surface area (Å²) in [5.41, 5.74) is 0.711. The summed E-state index contributed by atoms with van der Waals surface area (Å²) in [5.74, 6) is -0.0668. The third-order valence-electron chi connectivity index (χ3n) is 3.47. The number of rotatable bonds is 3. The molecule has 0 saturated carbocycles. The van der Waals surface area contributed by atoms with E-state index in [0.717, 1.165) is 0 Å². The molecule has 0 bridgehead atoms. The summed E-state index contributed by atoms with van der Waals surface area (Å²) >= 11 is 1.19. The Morgan fingerprint density at radius 1 is 1.27 bits per heavy atom. The molecule has 2 aromatic rings. The van der Waals surface area contributed by atoms with Gasteiger partial charge < -0.3 is 9.67 Å². The Kier molecular flexibility index (Phi) is 3.96. The fraction of sp³-hybridized carbons (Fsp3) is 0.385. The smallest absolute Gasteiger partial charge is 0.191 e. The van der Waals surface area contributed by atoms with E-state index in [4.69, 9.17) is 0 Å². The van der Waals surface area contributed by atoms with Gasteiger partial charge in [0, 0.05) is 12.6 Å². The van der Waals surface area contributed by atoms with Gasteiger partial charge in [-0.05, 0) is 24.3 Å². The monoisotopic (exact) mass is 343 g/mol. The lowest BCUT2D eigenvalue weighted by Gasteiger charge is -2.11. The first-order chi connectivity index (χ1) is 10.4. The molecule has 1 saturated heterocycles. The summed E-state index contributed by atoms with van der Waals surface area (Å²) in [5, 5.41) is 18.0. The molecular weight excluding hydrogens is 329 g/mol. The molecule has 0 unspecified atom stereocenters. The Hall–Kier alpha value is -1.45. The number of aromatic nitrogens is 3. The van der Waals surface area contributed by atoms with Crippen LogP contribution in [0.3, 0.4) is 0 Å². The molecule has 1 fully saturated rings. The van der Waals surface area contributed by atoms with Crippen LogP contribution in [0.2, 0.25) is 0 Å². The molecule has 0 spiro atoms. The van der Waals surface area contributed by atoms with Crippen LogP contribution in [0.15, 0.2) is 29.4 Å². The quantitative estimate of drug-likeness (QED) is 0.890. The average molecular weight is 343 g/mol. The topological polar surface area (TPSA) is 85.1 Å². The molecule has 1 aromatic heterocycles. The van der Waals surface area contributed by atoms with Gasteiger partial charge >= 0.3 is 0 Å². The molecule has 1 N–H and O–H groups in total. The van der Waals surface area contributed by atoms with Crippen molar-refractivity contribution in [2.75, 3.05) is 11.5 Å². The number of hydrogen-bond acceptors (Lipinski definition) is 6. The van der Waals surface area contributed by atoms with Crippen LogP contribution in [0.5, 0.6) is 0 Å². The van der Waals surface area contributed by atoms with Crippen molar-refractivity contribution in [1.29, 1.82) is 0 Å². The van der Waals surface area contributed by atoms with Gasteiger partial charge in [-0.25, -0.2) is 12.8 Å². The van der Waals surface area contributed by atoms with Crippen LogP contribution in [0.1, 0.15) is 0 Å². The van der Waals surface area contributed by atoms with E-state index in [1.54, 1.807) is 23.7 Å². The number of thioether (sulfide) groups is 1. The van der Waals surface area contributed by atoms with Crippen molar-refractivity contribution in [3.05, 3.63) is 30.1 Å². The molecule has 1 aliphatic heterocycles. The number of benzene rings is 1. The third kappa shape index (κ3) is 3.01. The highest BCUT2D eigenvalue weighted by molar-refractivity contribution is 8.01. The van der Waals surface area contributed by atoms with Gasteiger partial charge in [-0.3, -0.25) is 0 Å². The van der Waals surface area contributed by atoms with Gasteiger partial charge in [-0.2, -0.15) is 0 Å². The summed E-state index contributed by atoms with van der Waals surface area (Å²) in [4.78, 5) is 0. The van der Waals surface area contributed by atoms with E-state index in [1.165, 1.54) is 23.9 Å². The standard InChI is InChI=1S/C13H14FN3O3S2/c1-17-12(8-2-4-9(14)5-3-8)15-16-13(17)21-11-7-22(19,20)6-10(11)18/h2-5,10-11,18H,6-7H2,1H3/t10-,11+/m1/s1. The second kappa shape index (κ2) is 5.64. The maximum atomic E-state index is 13.0. The minimum Gasteiger partial charge on any atom is -0.391 e. The zero-order valence-electron chi connectivity index (χ0n) is 11.7. The molecule has 118 valence electrons. The number of aliphatic hydroxyl groups excluding tert-OH is 1. The lowest BCUT2D eigenvalue weighted by Crippen LogP contribution is -2.20. The van der Waals surface area contributed by atoms with Gasteiger partial charge in [0.25, 0.3) is 0 Å². The molecule has 2 heterocycles. The molecule has 3 rings (SSSR count). The van der Waals surface area contributed by atoms with Gasteiger partial charge in [-0.15, -0.1) is 10.2 Å². The van der Waals surface area contributed by atoms with Crippen LogP contribution < -0.4 is 0 Å². The van der Waals surface area contributed by atoms with Crippen molar-refractivity contribution in [3.8, 4) is 11.4 Å². The van der Waals surface area contributed by atoms with Crippen molar-refractivity contribution in [2.24, 2.45) is 7.05 Å². The first-order valence-corrected chi connectivity index (χ1v) is 9.26. The van der Waals surface area contributed by atoms with Gasteiger partial charge in [-0.1, -0.05) is 11.8 Å². The molecule has 22 heavy (non-hydrogen) atoms. The minimum absolute atomic E-state index is 0.0719. The molecule has 9 heteroatoms. The van der Waals surface area contributed by atoms with E-state index in [2.05, 4.69) is 10.2 Å². The first kappa shape index (κ1) is 15.4. The highest BCUT2D eigenvalue weighted by Crippen LogP contribution is 2.31. The molecule has 2 atom stereocenters. The number of sulfone groups is 1. The lowest BCUT2D eigenvalue weighted by atomic mass is 10.2. The van der Waals surface area contributed by atoms with Crippen molar-refractivity contribution in [1.82, 2.24) is 14.8 Å². The third-order valence-corrected chi connectivity index (χ3v) is 6.74. The van der Waals surface area contributed by atoms with Crippen LogP contribution in [0.4, 0.5) is 4.39 Å². The molecule has 0 amide bonds. The normalized spacial score (nSPS) is 23.8. The second-order valence-electron chi connectivity index (χ2n) is 5.17. The summed E-state index contributed by atoms with van der Waals surface area (Å²) in [7, 11) is -1.45. The van der Waals surface area contributed by atoms with E-state index in [0.29, 0.717) is 16.5 Å². The average Bonchev–Trinajstić information content (AvgIpc) is 2.92. The van der Waals surface area contributed by atoms with E-state index >= 15 is 0 Å². The van der Waals surface area contributed by atoms with Gasteiger partial charge in [0.15, 0.2) is 20.8 Å². The molecular formula is C13H14FN3O3S2. The molecule has 6 nitrogen and oxygen atoms in total. The summed E-state index contributed by atoms with van der Waals surface area (Å²) in [6.07, 6.45) is -0.902. The Morgan fingerprint density at radius 2 is 1.95 bits per heavy atom. The van der Waals surface area contributed by atoms with E-state index in [1.807, 2.05) is 0 Å². The van der Waals surface area contributed by atoms with Gasteiger partial charge in [0.2, 0.25) is 0 Å². The maximum Gasteiger partial charge on any atom is 0.191 e. The van der Waals surface area contributed by atoms with Crippen molar-refractivity contribution in [2.45, 2.75) is 16.5 Å². The highest BCUT2D eigenvalue weighted by Gasteiger charge is 2.38. The minimum atomic E-state index is -3.20. The predicted octanol–water partition coefficient (Wildman–Crippen LogP) is 0.871. The molecule has 1 aliphatic rings. The van der Waals surface area contributed by atoms with Crippen LogP contribution in [-0.4, -0.2) is 51.1 Å². The number of nitrogens with zero attached hydrogens (tertiary/aromatic N) is 3. The first-order valence-electron chi connectivity index (χ1n) is 6.56. The Bertz CT molecular complexity index is 789. The maximum absolute atomic E-state index is 13.0. The second-order valence-corrected chi connectivity index (χ2v) is 8.53. The van der Waals surface area contributed by atoms with Crippen LogP contribution in [0.25, 0.3) is 11.4 Å². The molecule has 1 aromatic carbocycles. The summed E-state index contributed by atoms with van der Waals surface area (Å²) in [6.45, 7) is 0. The van der Waals surface area contributed by atoms with E-state index in [-0.39, 0.29) is 17.3 Å². The van der Waals surface area contributed by atoms with Crippen molar-refractivity contribution < 1.29 is 17.9 Å². The Labute approximate surface area is 131 Å². The number of halogens is 1. The predicted molar refractivity (Wildman–Crippen MR) is 80.7 cm³/mol. The summed E-state index contributed by atoms with van der Waals surface area (Å²) in [6, 6.07) is 5.87. The van der Waals surface area contributed by atoms with E-state index in [9.17, 15) is 17.9 Å². The lowest BCUT2D eigenvalue weighted by molar-refractivity contribution is 0.207. The fourth-order valence-electron chi connectivity index (χ4n) is 2.31. The zero-order chi connectivity index (χ0) is 15.9. The Morgan fingerprint density at radius 3 is 2.55 bits per heavy atom. The summed E-state index contributed by atoms with van der Waals surface area (Å²) < 4.78 is 37.7. The van der Waals surface area contributed by atoms with E-state index < -0.39 is 21.2 Å². The largest absolute Gasteiger partial charge is 0.391 e. The Balaban J connectivity index is 1.84. The fourth-order valence-corrected chi connectivity index (χ4v) is 5.80. The van der Waals surface area contributed by atoms with Crippen molar-refractivity contribution in [3.63, 3.8) is 0 Å². The van der Waals surface area contributed by atoms with Gasteiger partial charge in [0.05, 0.1) is 22.9 Å². The highest BCUT2D eigenvalue weighted by atomic mass is 32.2. The SMILES string of the molecule is Cn1c(S[C@H]2CS(=O)(=O)C[C@H]2O)nnc1-c1ccc(F)cc1. The zero-order valence-corrected chi connectivity index (χ0v) is 13.3. The molecule has 0 radical (unpaired) electrons. The number of aliphatic hydroxyl groups is 1. The van der Waals surface area contributed by atoms with Crippen LogP contribution in [-0.2, 0) is 16.9 Å².